The van der Waals surface area contributed by atoms with Crippen molar-refractivity contribution in [2.45, 2.75) is 19.2 Å². The van der Waals surface area contributed by atoms with Crippen LogP contribution in [0.1, 0.15) is 16.7 Å². The van der Waals surface area contributed by atoms with Gasteiger partial charge in [-0.3, -0.25) is 19.2 Å². The number of nitro benzene ring substituents is 1. The molecule has 2 fully saturated rings. The fraction of sp³-hybridized carbons (Fsp3) is 0.350. The molecule has 2 aliphatic heterocycles. The van der Waals surface area contributed by atoms with Gasteiger partial charge >= 0.3 is 19.5 Å². The Hall–Kier alpha value is -2.57. The standard InChI is InChI=1S/C20H18F3N4O5PS/c1-12-24-15-4-3-14(11-18(15)34-12)31-17-10-13(2-5-16(17)27(28)29)19(20(21,22)23)32-33(30,25-6-7-25)26-8-9-26/h2-5,10-11,19H,6-9H2,1H3. The normalized spacial score (nSPS) is 17.6. The maximum atomic E-state index is 14.0. The fourth-order valence-corrected chi connectivity index (χ4v) is 6.68. The van der Waals surface area contributed by atoms with Gasteiger partial charge in [0.25, 0.3) is 0 Å². The molecule has 3 aromatic rings. The fourth-order valence-electron chi connectivity index (χ4n) is 3.49. The van der Waals surface area contributed by atoms with Gasteiger partial charge in [-0.2, -0.15) is 13.2 Å². The Labute approximate surface area is 195 Å². The number of thiazole rings is 1. The maximum absolute atomic E-state index is 14.0. The molecule has 1 unspecified atom stereocenters. The highest BCUT2D eigenvalue weighted by atomic mass is 32.1. The van der Waals surface area contributed by atoms with Gasteiger partial charge in [-0.05, 0) is 36.8 Å². The van der Waals surface area contributed by atoms with Crippen molar-refractivity contribution in [2.24, 2.45) is 0 Å². The summed E-state index contributed by atoms with van der Waals surface area (Å²) in [5.74, 6) is -0.172. The molecule has 0 aliphatic carbocycles. The second-order valence-electron chi connectivity index (χ2n) is 7.87. The Morgan fingerprint density at radius 2 is 1.82 bits per heavy atom. The van der Waals surface area contributed by atoms with E-state index in [1.54, 1.807) is 12.1 Å². The number of nitrogens with zero attached hydrogens (tertiary/aromatic N) is 4. The number of aryl methyl sites for hydroxylation is 1. The summed E-state index contributed by atoms with van der Waals surface area (Å²) in [4.78, 5) is 15.1. The Morgan fingerprint density at radius 1 is 1.15 bits per heavy atom. The van der Waals surface area contributed by atoms with Gasteiger partial charge < -0.3 is 4.74 Å². The number of hydrogen-bond donors (Lipinski definition) is 0. The highest BCUT2D eigenvalue weighted by Gasteiger charge is 2.55. The molecule has 3 heterocycles. The van der Waals surface area contributed by atoms with Crippen molar-refractivity contribution >= 4 is 34.9 Å². The second kappa shape index (κ2) is 8.28. The molecule has 2 saturated heterocycles. The zero-order chi connectivity index (χ0) is 24.3. The van der Waals surface area contributed by atoms with Crippen LogP contribution in [0.25, 0.3) is 10.2 Å². The topological polar surface area (TPSA) is 97.6 Å². The molecule has 0 N–H and O–H groups in total. The first-order chi connectivity index (χ1) is 16.0. The lowest BCUT2D eigenvalue weighted by molar-refractivity contribution is -0.385. The van der Waals surface area contributed by atoms with E-state index in [-0.39, 0.29) is 11.5 Å². The number of halogens is 3. The summed E-state index contributed by atoms with van der Waals surface area (Å²) in [5, 5.41) is 12.3. The molecule has 0 spiro atoms. The number of benzene rings is 2. The number of rotatable bonds is 8. The van der Waals surface area contributed by atoms with E-state index in [0.717, 1.165) is 27.9 Å². The van der Waals surface area contributed by atoms with Gasteiger partial charge in [0.2, 0.25) is 5.75 Å². The Morgan fingerprint density at radius 3 is 2.41 bits per heavy atom. The van der Waals surface area contributed by atoms with Crippen LogP contribution in [-0.4, -0.2) is 51.6 Å². The molecule has 0 radical (unpaired) electrons. The van der Waals surface area contributed by atoms with Crippen LogP contribution >= 0.6 is 19.0 Å². The number of fused-ring (bicyclic) bond motifs is 1. The van der Waals surface area contributed by atoms with E-state index in [0.29, 0.717) is 31.7 Å². The third-order valence-corrected chi connectivity index (χ3v) is 8.93. The number of nitro groups is 1. The van der Waals surface area contributed by atoms with Crippen molar-refractivity contribution in [1.82, 2.24) is 14.3 Å². The van der Waals surface area contributed by atoms with Gasteiger partial charge in [0.05, 0.1) is 20.1 Å². The van der Waals surface area contributed by atoms with Crippen molar-refractivity contribution in [2.75, 3.05) is 26.2 Å². The van der Waals surface area contributed by atoms with Crippen LogP contribution in [0, 0.1) is 17.0 Å². The summed E-state index contributed by atoms with van der Waals surface area (Å²) in [5.41, 5.74) is -0.235. The first-order valence-electron chi connectivity index (χ1n) is 10.2. The summed E-state index contributed by atoms with van der Waals surface area (Å²) >= 11 is 1.39. The van der Waals surface area contributed by atoms with Crippen LogP contribution in [-0.2, 0) is 9.09 Å². The van der Waals surface area contributed by atoms with Gasteiger partial charge in [0, 0.05) is 38.3 Å². The van der Waals surface area contributed by atoms with Crippen LogP contribution < -0.4 is 4.74 Å². The van der Waals surface area contributed by atoms with E-state index in [9.17, 15) is 27.9 Å². The van der Waals surface area contributed by atoms with E-state index in [2.05, 4.69) is 4.98 Å². The first-order valence-corrected chi connectivity index (χ1v) is 12.6. The molecule has 1 aromatic heterocycles. The van der Waals surface area contributed by atoms with Crippen molar-refractivity contribution in [3.05, 3.63) is 57.1 Å². The molecule has 9 nitrogen and oxygen atoms in total. The summed E-state index contributed by atoms with van der Waals surface area (Å²) in [6.45, 7) is 3.35. The molecule has 180 valence electrons. The molecule has 34 heavy (non-hydrogen) atoms. The lowest BCUT2D eigenvalue weighted by Gasteiger charge is -2.28. The number of ether oxygens (including phenoxy) is 1. The van der Waals surface area contributed by atoms with Crippen molar-refractivity contribution in [3.8, 4) is 11.5 Å². The minimum atomic E-state index is -4.91. The monoisotopic (exact) mass is 514 g/mol. The molecule has 2 aromatic carbocycles. The minimum absolute atomic E-state index is 0.208. The lowest BCUT2D eigenvalue weighted by Crippen LogP contribution is -2.25. The summed E-state index contributed by atoms with van der Waals surface area (Å²) in [6.07, 6.45) is -7.46. The van der Waals surface area contributed by atoms with E-state index in [1.807, 2.05) is 6.92 Å². The predicted molar refractivity (Wildman–Crippen MR) is 118 cm³/mol. The smallest absolute Gasteiger partial charge is 0.419 e. The highest BCUT2D eigenvalue weighted by molar-refractivity contribution is 7.54. The van der Waals surface area contributed by atoms with Crippen LogP contribution in [0.2, 0.25) is 0 Å². The molecule has 0 saturated carbocycles. The molecule has 0 bridgehead atoms. The minimum Gasteiger partial charge on any atom is -0.450 e. The van der Waals surface area contributed by atoms with E-state index >= 15 is 0 Å². The van der Waals surface area contributed by atoms with Crippen molar-refractivity contribution in [1.29, 1.82) is 0 Å². The average Bonchev–Trinajstić information content (AvgIpc) is 3.66. The van der Waals surface area contributed by atoms with Gasteiger partial charge in [-0.25, -0.2) is 14.3 Å². The average molecular weight is 514 g/mol. The van der Waals surface area contributed by atoms with Crippen molar-refractivity contribution < 1.29 is 31.9 Å². The summed E-state index contributed by atoms with van der Waals surface area (Å²) < 4.78 is 69.8. The van der Waals surface area contributed by atoms with E-state index in [1.165, 1.54) is 26.7 Å². The SMILES string of the molecule is Cc1nc2ccc(Oc3cc(C(OP(=O)(N4CC4)N4CC4)C(F)(F)F)ccc3[N+](=O)[O-])cc2s1. The largest absolute Gasteiger partial charge is 0.450 e. The van der Waals surface area contributed by atoms with Crippen LogP contribution in [0.15, 0.2) is 36.4 Å². The van der Waals surface area contributed by atoms with Crippen molar-refractivity contribution in [3.63, 3.8) is 0 Å². The van der Waals surface area contributed by atoms with Crippen LogP contribution in [0.5, 0.6) is 11.5 Å². The number of alkyl halides is 3. The lowest BCUT2D eigenvalue weighted by atomic mass is 10.1. The Bertz CT molecular complexity index is 1310. The maximum Gasteiger partial charge on any atom is 0.419 e. The second-order valence-corrected chi connectivity index (χ2v) is 11.4. The highest BCUT2D eigenvalue weighted by Crippen LogP contribution is 2.64. The van der Waals surface area contributed by atoms with E-state index < -0.39 is 36.1 Å². The van der Waals surface area contributed by atoms with E-state index in [4.69, 9.17) is 9.26 Å². The van der Waals surface area contributed by atoms with Gasteiger partial charge in [0.15, 0.2) is 6.10 Å². The third kappa shape index (κ3) is 4.53. The molecular formula is C20H18F3N4O5PS. The molecular weight excluding hydrogens is 496 g/mol. The van der Waals surface area contributed by atoms with Crippen LogP contribution in [0.4, 0.5) is 18.9 Å². The zero-order valence-electron chi connectivity index (χ0n) is 17.7. The molecule has 14 heteroatoms. The Kier molecular flexibility index (Phi) is 5.64. The molecule has 1 atom stereocenters. The zero-order valence-corrected chi connectivity index (χ0v) is 19.4. The molecule has 2 aliphatic rings. The molecule has 0 amide bonds. The summed E-state index contributed by atoms with van der Waals surface area (Å²) in [6, 6.07) is 7.62. The number of hydrogen-bond acceptors (Lipinski definition) is 7. The third-order valence-electron chi connectivity index (χ3n) is 5.28. The molecule has 5 rings (SSSR count). The van der Waals surface area contributed by atoms with Gasteiger partial charge in [-0.15, -0.1) is 11.3 Å². The summed E-state index contributed by atoms with van der Waals surface area (Å²) in [7, 11) is -3.83. The quantitative estimate of drug-likeness (QED) is 0.164. The first kappa shape index (κ1) is 23.2. The van der Waals surface area contributed by atoms with Gasteiger partial charge in [-0.1, -0.05) is 0 Å². The Balaban J connectivity index is 1.51. The predicted octanol–water partition coefficient (Wildman–Crippen LogP) is 5.66. The van der Waals surface area contributed by atoms with Crippen LogP contribution in [0.3, 0.4) is 0 Å². The van der Waals surface area contributed by atoms with Gasteiger partial charge in [0.1, 0.15) is 5.75 Å². The number of aromatic nitrogens is 1.